The van der Waals surface area contributed by atoms with Crippen molar-refractivity contribution in [3.63, 3.8) is 0 Å². The maximum atomic E-state index is 12.1. The SMILES string of the molecule is CCOc1ccc(OCC(=O)OC(C)C(=O)Nc2cccc(C#N)c2)cc1. The highest BCUT2D eigenvalue weighted by Crippen LogP contribution is 2.17. The van der Waals surface area contributed by atoms with Crippen LogP contribution in [0.25, 0.3) is 0 Å². The van der Waals surface area contributed by atoms with Crippen LogP contribution in [0.4, 0.5) is 5.69 Å². The summed E-state index contributed by atoms with van der Waals surface area (Å²) in [4.78, 5) is 24.0. The number of hydrogen-bond donors (Lipinski definition) is 1. The summed E-state index contributed by atoms with van der Waals surface area (Å²) in [6.45, 7) is 3.58. The largest absolute Gasteiger partial charge is 0.494 e. The molecule has 7 nitrogen and oxygen atoms in total. The minimum absolute atomic E-state index is 0.324. The van der Waals surface area contributed by atoms with E-state index in [1.165, 1.54) is 13.0 Å². The molecule has 0 radical (unpaired) electrons. The van der Waals surface area contributed by atoms with Crippen LogP contribution in [0.5, 0.6) is 11.5 Å². The molecule has 0 bridgehead atoms. The van der Waals surface area contributed by atoms with Crippen LogP contribution in [0.3, 0.4) is 0 Å². The molecule has 7 heteroatoms. The van der Waals surface area contributed by atoms with E-state index in [1.54, 1.807) is 42.5 Å². The van der Waals surface area contributed by atoms with E-state index in [2.05, 4.69) is 5.32 Å². The zero-order chi connectivity index (χ0) is 19.6. The predicted molar refractivity (Wildman–Crippen MR) is 98.4 cm³/mol. The molecule has 1 N–H and O–H groups in total. The highest BCUT2D eigenvalue weighted by molar-refractivity contribution is 5.95. The predicted octanol–water partition coefficient (Wildman–Crippen LogP) is 2.91. The first kappa shape index (κ1) is 19.8. The zero-order valence-electron chi connectivity index (χ0n) is 15.1. The van der Waals surface area contributed by atoms with Crippen LogP contribution in [-0.2, 0) is 14.3 Å². The summed E-state index contributed by atoms with van der Waals surface area (Å²) < 4.78 is 15.7. The number of ether oxygens (including phenoxy) is 3. The number of hydrogen-bond acceptors (Lipinski definition) is 6. The van der Waals surface area contributed by atoms with Crippen LogP contribution >= 0.6 is 0 Å². The number of carbonyl (C=O) groups is 2. The summed E-state index contributed by atoms with van der Waals surface area (Å²) in [6, 6.07) is 15.2. The molecule has 1 amide bonds. The van der Waals surface area contributed by atoms with Gasteiger partial charge in [0.1, 0.15) is 11.5 Å². The maximum Gasteiger partial charge on any atom is 0.344 e. The van der Waals surface area contributed by atoms with Gasteiger partial charge in [0.15, 0.2) is 12.7 Å². The van der Waals surface area contributed by atoms with E-state index >= 15 is 0 Å². The van der Waals surface area contributed by atoms with Gasteiger partial charge in [-0.25, -0.2) is 4.79 Å². The smallest absolute Gasteiger partial charge is 0.344 e. The van der Waals surface area contributed by atoms with Crippen molar-refractivity contribution in [2.45, 2.75) is 20.0 Å². The monoisotopic (exact) mass is 368 g/mol. The number of benzene rings is 2. The number of nitrogens with zero attached hydrogens (tertiary/aromatic N) is 1. The molecule has 0 heterocycles. The van der Waals surface area contributed by atoms with E-state index in [0.29, 0.717) is 29.4 Å². The Morgan fingerprint density at radius 1 is 1.11 bits per heavy atom. The molecule has 2 aromatic rings. The van der Waals surface area contributed by atoms with Crippen molar-refractivity contribution in [3.8, 4) is 17.6 Å². The summed E-state index contributed by atoms with van der Waals surface area (Å²) in [5.41, 5.74) is 0.869. The Hall–Kier alpha value is -3.53. The number of nitrogens with one attached hydrogen (secondary N) is 1. The van der Waals surface area contributed by atoms with Crippen molar-refractivity contribution >= 4 is 17.6 Å². The second-order valence-corrected chi connectivity index (χ2v) is 5.51. The molecule has 2 rings (SSSR count). The normalized spacial score (nSPS) is 11.0. The Bertz CT molecular complexity index is 827. The Kier molecular flexibility index (Phi) is 7.20. The van der Waals surface area contributed by atoms with Gasteiger partial charge in [-0.3, -0.25) is 4.79 Å². The fraction of sp³-hybridized carbons (Fsp3) is 0.250. The molecular weight excluding hydrogens is 348 g/mol. The zero-order valence-corrected chi connectivity index (χ0v) is 15.1. The average Bonchev–Trinajstić information content (AvgIpc) is 2.67. The van der Waals surface area contributed by atoms with E-state index in [1.807, 2.05) is 13.0 Å². The van der Waals surface area contributed by atoms with Gasteiger partial charge in [-0.05, 0) is 56.3 Å². The Morgan fingerprint density at radius 3 is 2.41 bits per heavy atom. The fourth-order valence-electron chi connectivity index (χ4n) is 2.14. The summed E-state index contributed by atoms with van der Waals surface area (Å²) >= 11 is 0. The fourth-order valence-corrected chi connectivity index (χ4v) is 2.14. The topological polar surface area (TPSA) is 97.7 Å². The van der Waals surface area contributed by atoms with Crippen molar-refractivity contribution in [2.24, 2.45) is 0 Å². The van der Waals surface area contributed by atoms with Gasteiger partial charge in [0.2, 0.25) is 0 Å². The number of rotatable bonds is 8. The molecule has 0 aliphatic rings. The standard InChI is InChI=1S/C20H20N2O5/c1-3-25-17-7-9-18(10-8-17)26-13-19(23)27-14(2)20(24)22-16-6-4-5-15(11-16)12-21/h4-11,14H,3,13H2,1-2H3,(H,22,24). The van der Waals surface area contributed by atoms with Gasteiger partial charge in [0.25, 0.3) is 5.91 Å². The van der Waals surface area contributed by atoms with Crippen molar-refractivity contribution < 1.29 is 23.8 Å². The molecule has 2 aromatic carbocycles. The average molecular weight is 368 g/mol. The minimum Gasteiger partial charge on any atom is -0.494 e. The Morgan fingerprint density at radius 2 is 1.78 bits per heavy atom. The lowest BCUT2D eigenvalue weighted by molar-refractivity contribution is -0.155. The van der Waals surface area contributed by atoms with Gasteiger partial charge in [-0.15, -0.1) is 0 Å². The number of amides is 1. The second kappa shape index (κ2) is 9.82. The summed E-state index contributed by atoms with van der Waals surface area (Å²) in [5, 5.41) is 11.5. The molecule has 1 atom stereocenters. The van der Waals surface area contributed by atoms with Gasteiger partial charge in [-0.1, -0.05) is 6.07 Å². The molecule has 0 saturated carbocycles. The third kappa shape index (κ3) is 6.36. The summed E-state index contributed by atoms with van der Waals surface area (Å²) in [7, 11) is 0. The number of anilines is 1. The van der Waals surface area contributed by atoms with E-state index < -0.39 is 18.0 Å². The van der Waals surface area contributed by atoms with E-state index in [0.717, 1.165) is 0 Å². The van der Waals surface area contributed by atoms with Crippen LogP contribution in [0.1, 0.15) is 19.4 Å². The second-order valence-electron chi connectivity index (χ2n) is 5.51. The molecule has 0 aliphatic heterocycles. The third-order valence-electron chi connectivity index (χ3n) is 3.43. The van der Waals surface area contributed by atoms with Crippen LogP contribution in [0, 0.1) is 11.3 Å². The van der Waals surface area contributed by atoms with Crippen LogP contribution in [0.15, 0.2) is 48.5 Å². The number of nitriles is 1. The van der Waals surface area contributed by atoms with Gasteiger partial charge < -0.3 is 19.5 Å². The van der Waals surface area contributed by atoms with E-state index in [4.69, 9.17) is 19.5 Å². The van der Waals surface area contributed by atoms with Gasteiger partial charge >= 0.3 is 5.97 Å². The Labute approximate surface area is 157 Å². The molecule has 0 aromatic heterocycles. The molecule has 140 valence electrons. The number of esters is 1. The lowest BCUT2D eigenvalue weighted by atomic mass is 10.2. The van der Waals surface area contributed by atoms with Crippen molar-refractivity contribution in [3.05, 3.63) is 54.1 Å². The summed E-state index contributed by atoms with van der Waals surface area (Å²) in [5.74, 6) is 0.0239. The summed E-state index contributed by atoms with van der Waals surface area (Å²) in [6.07, 6.45) is -1.01. The van der Waals surface area contributed by atoms with Crippen LogP contribution < -0.4 is 14.8 Å². The van der Waals surface area contributed by atoms with E-state index in [-0.39, 0.29) is 6.61 Å². The highest BCUT2D eigenvalue weighted by Gasteiger charge is 2.18. The quantitative estimate of drug-likeness (QED) is 0.720. The Balaban J connectivity index is 1.80. The lowest BCUT2D eigenvalue weighted by Crippen LogP contribution is -2.31. The van der Waals surface area contributed by atoms with Gasteiger partial charge in [0.05, 0.1) is 18.2 Å². The van der Waals surface area contributed by atoms with Crippen LogP contribution in [-0.4, -0.2) is 31.2 Å². The molecule has 0 saturated heterocycles. The molecule has 27 heavy (non-hydrogen) atoms. The third-order valence-corrected chi connectivity index (χ3v) is 3.43. The van der Waals surface area contributed by atoms with Crippen LogP contribution in [0.2, 0.25) is 0 Å². The first-order valence-electron chi connectivity index (χ1n) is 8.38. The minimum atomic E-state index is -1.01. The number of carbonyl (C=O) groups excluding carboxylic acids is 2. The molecule has 0 aliphatic carbocycles. The molecule has 0 spiro atoms. The first-order valence-corrected chi connectivity index (χ1v) is 8.38. The lowest BCUT2D eigenvalue weighted by Gasteiger charge is -2.14. The van der Waals surface area contributed by atoms with Crippen molar-refractivity contribution in [2.75, 3.05) is 18.5 Å². The molecule has 0 fully saturated rings. The van der Waals surface area contributed by atoms with Gasteiger partial charge in [-0.2, -0.15) is 5.26 Å². The maximum absolute atomic E-state index is 12.1. The van der Waals surface area contributed by atoms with Crippen molar-refractivity contribution in [1.29, 1.82) is 5.26 Å². The first-order chi connectivity index (χ1) is 13.0. The highest BCUT2D eigenvalue weighted by atomic mass is 16.6. The van der Waals surface area contributed by atoms with Gasteiger partial charge in [0, 0.05) is 5.69 Å². The van der Waals surface area contributed by atoms with E-state index in [9.17, 15) is 9.59 Å². The molecular formula is C20H20N2O5. The van der Waals surface area contributed by atoms with Crippen molar-refractivity contribution in [1.82, 2.24) is 0 Å². The molecule has 1 unspecified atom stereocenters.